The Morgan fingerprint density at radius 2 is 2.09 bits per heavy atom. The average Bonchev–Trinajstić information content (AvgIpc) is 2.57. The number of morpholine rings is 1. The van der Waals surface area contributed by atoms with Gasteiger partial charge < -0.3 is 15.0 Å². The van der Waals surface area contributed by atoms with Crippen LogP contribution in [0.4, 0.5) is 11.6 Å². The molecule has 0 bridgehead atoms. The van der Waals surface area contributed by atoms with Gasteiger partial charge in [-0.05, 0) is 6.92 Å². The zero-order valence-electron chi connectivity index (χ0n) is 12.6. The Morgan fingerprint density at radius 1 is 1.23 bits per heavy atom. The molecule has 116 valence electrons. The van der Waals surface area contributed by atoms with E-state index in [4.69, 9.17) is 4.74 Å². The Hall–Kier alpha value is -2.28. The number of hydrogen-bond acceptors (Lipinski definition) is 7. The molecule has 0 saturated carbocycles. The van der Waals surface area contributed by atoms with Crippen molar-refractivity contribution >= 4 is 11.6 Å². The SMILES string of the molecule is C[C@H](Cc1cnccn1)Nc1cc(N2CCOCC2)ncn1. The average molecular weight is 300 g/mol. The Morgan fingerprint density at radius 3 is 2.86 bits per heavy atom. The highest BCUT2D eigenvalue weighted by Gasteiger charge is 2.13. The van der Waals surface area contributed by atoms with Crippen molar-refractivity contribution in [1.82, 2.24) is 19.9 Å². The minimum Gasteiger partial charge on any atom is -0.378 e. The fraction of sp³-hybridized carbons (Fsp3) is 0.467. The van der Waals surface area contributed by atoms with Gasteiger partial charge in [-0.2, -0.15) is 0 Å². The fourth-order valence-electron chi connectivity index (χ4n) is 2.44. The molecule has 0 aliphatic carbocycles. The normalized spacial score (nSPS) is 16.3. The molecule has 2 aromatic heterocycles. The molecule has 0 aromatic carbocycles. The van der Waals surface area contributed by atoms with Crippen molar-refractivity contribution in [3.05, 3.63) is 36.7 Å². The number of rotatable bonds is 5. The van der Waals surface area contributed by atoms with Gasteiger partial charge in [0.05, 0.1) is 18.9 Å². The van der Waals surface area contributed by atoms with Crippen LogP contribution in [0, 0.1) is 0 Å². The van der Waals surface area contributed by atoms with Crippen LogP contribution in [0.2, 0.25) is 0 Å². The van der Waals surface area contributed by atoms with Crippen LogP contribution in [0.5, 0.6) is 0 Å². The molecule has 1 aliphatic rings. The molecule has 0 radical (unpaired) electrons. The first-order chi connectivity index (χ1) is 10.8. The van der Waals surface area contributed by atoms with E-state index in [9.17, 15) is 0 Å². The predicted molar refractivity (Wildman–Crippen MR) is 83.9 cm³/mol. The van der Waals surface area contributed by atoms with E-state index in [1.165, 1.54) is 0 Å². The van der Waals surface area contributed by atoms with Gasteiger partial charge in [-0.1, -0.05) is 0 Å². The first-order valence-electron chi connectivity index (χ1n) is 7.47. The van der Waals surface area contributed by atoms with E-state index >= 15 is 0 Å². The summed E-state index contributed by atoms with van der Waals surface area (Å²) in [5, 5.41) is 3.39. The van der Waals surface area contributed by atoms with Crippen molar-refractivity contribution in [2.45, 2.75) is 19.4 Å². The van der Waals surface area contributed by atoms with E-state index in [2.05, 4.69) is 37.1 Å². The molecule has 3 rings (SSSR count). The van der Waals surface area contributed by atoms with Crippen molar-refractivity contribution in [2.75, 3.05) is 36.5 Å². The predicted octanol–water partition coefficient (Wildman–Crippen LogP) is 1.15. The van der Waals surface area contributed by atoms with E-state index < -0.39 is 0 Å². The molecule has 7 heteroatoms. The molecule has 1 saturated heterocycles. The third kappa shape index (κ3) is 3.88. The molecule has 0 spiro atoms. The number of anilines is 2. The summed E-state index contributed by atoms with van der Waals surface area (Å²) < 4.78 is 5.37. The second-order valence-electron chi connectivity index (χ2n) is 5.31. The van der Waals surface area contributed by atoms with Crippen LogP contribution in [-0.2, 0) is 11.2 Å². The number of nitrogens with zero attached hydrogens (tertiary/aromatic N) is 5. The van der Waals surface area contributed by atoms with Gasteiger partial charge in [-0.25, -0.2) is 9.97 Å². The second-order valence-corrected chi connectivity index (χ2v) is 5.31. The van der Waals surface area contributed by atoms with Crippen LogP contribution in [0.3, 0.4) is 0 Å². The minimum atomic E-state index is 0.212. The summed E-state index contributed by atoms with van der Waals surface area (Å²) in [5.41, 5.74) is 0.963. The Balaban J connectivity index is 1.62. The lowest BCUT2D eigenvalue weighted by Crippen LogP contribution is -2.36. The fourth-order valence-corrected chi connectivity index (χ4v) is 2.44. The molecule has 3 heterocycles. The Bertz CT molecular complexity index is 588. The van der Waals surface area contributed by atoms with Crippen LogP contribution in [0.15, 0.2) is 31.0 Å². The maximum Gasteiger partial charge on any atom is 0.134 e. The van der Waals surface area contributed by atoms with Gasteiger partial charge in [0.15, 0.2) is 0 Å². The summed E-state index contributed by atoms with van der Waals surface area (Å²) in [5.74, 6) is 1.76. The van der Waals surface area contributed by atoms with Crippen molar-refractivity contribution in [2.24, 2.45) is 0 Å². The summed E-state index contributed by atoms with van der Waals surface area (Å²) in [6, 6.07) is 2.20. The minimum absolute atomic E-state index is 0.212. The third-order valence-corrected chi connectivity index (χ3v) is 3.51. The van der Waals surface area contributed by atoms with Gasteiger partial charge in [0.25, 0.3) is 0 Å². The van der Waals surface area contributed by atoms with Crippen molar-refractivity contribution in [3.63, 3.8) is 0 Å². The summed E-state index contributed by atoms with van der Waals surface area (Å²) >= 11 is 0. The summed E-state index contributed by atoms with van der Waals surface area (Å²) in [6.45, 7) is 5.33. The van der Waals surface area contributed by atoms with Gasteiger partial charge in [0.2, 0.25) is 0 Å². The molecule has 0 unspecified atom stereocenters. The molecular weight excluding hydrogens is 280 g/mol. The van der Waals surface area contributed by atoms with E-state index in [0.29, 0.717) is 0 Å². The zero-order valence-corrected chi connectivity index (χ0v) is 12.6. The van der Waals surface area contributed by atoms with Crippen LogP contribution in [-0.4, -0.2) is 52.3 Å². The smallest absolute Gasteiger partial charge is 0.134 e. The number of hydrogen-bond donors (Lipinski definition) is 1. The van der Waals surface area contributed by atoms with Crippen molar-refractivity contribution < 1.29 is 4.74 Å². The molecular formula is C15H20N6O. The lowest BCUT2D eigenvalue weighted by Gasteiger charge is -2.28. The van der Waals surface area contributed by atoms with Crippen LogP contribution < -0.4 is 10.2 Å². The maximum absolute atomic E-state index is 5.37. The summed E-state index contributed by atoms with van der Waals surface area (Å²) in [6.07, 6.45) is 7.58. The molecule has 1 N–H and O–H groups in total. The van der Waals surface area contributed by atoms with Crippen LogP contribution in [0.1, 0.15) is 12.6 Å². The standard InChI is InChI=1S/C15H20N6O/c1-12(8-13-10-16-2-3-17-13)20-14-9-15(19-11-18-14)21-4-6-22-7-5-21/h2-3,9-12H,4-8H2,1H3,(H,18,19,20)/t12-/m1/s1. The van der Waals surface area contributed by atoms with E-state index in [1.807, 2.05) is 6.07 Å². The molecule has 0 amide bonds. The maximum atomic E-state index is 5.37. The van der Waals surface area contributed by atoms with Gasteiger partial charge in [-0.15, -0.1) is 0 Å². The molecule has 1 atom stereocenters. The largest absolute Gasteiger partial charge is 0.378 e. The van der Waals surface area contributed by atoms with E-state index in [-0.39, 0.29) is 6.04 Å². The molecule has 2 aromatic rings. The highest BCUT2D eigenvalue weighted by molar-refractivity contribution is 5.49. The summed E-state index contributed by atoms with van der Waals surface area (Å²) in [4.78, 5) is 19.2. The summed E-state index contributed by atoms with van der Waals surface area (Å²) in [7, 11) is 0. The Kier molecular flexibility index (Phi) is 4.75. The van der Waals surface area contributed by atoms with Gasteiger partial charge in [0, 0.05) is 50.2 Å². The molecule has 1 fully saturated rings. The monoisotopic (exact) mass is 300 g/mol. The second kappa shape index (κ2) is 7.13. The van der Waals surface area contributed by atoms with E-state index in [0.717, 1.165) is 50.1 Å². The molecule has 1 aliphatic heterocycles. The van der Waals surface area contributed by atoms with E-state index in [1.54, 1.807) is 24.9 Å². The highest BCUT2D eigenvalue weighted by atomic mass is 16.5. The first-order valence-corrected chi connectivity index (χ1v) is 7.47. The van der Waals surface area contributed by atoms with Gasteiger partial charge >= 0.3 is 0 Å². The van der Waals surface area contributed by atoms with Gasteiger partial charge in [-0.3, -0.25) is 9.97 Å². The topological polar surface area (TPSA) is 76.1 Å². The van der Waals surface area contributed by atoms with Crippen molar-refractivity contribution in [1.29, 1.82) is 0 Å². The quantitative estimate of drug-likeness (QED) is 0.887. The number of ether oxygens (including phenoxy) is 1. The van der Waals surface area contributed by atoms with Crippen LogP contribution in [0.25, 0.3) is 0 Å². The number of aromatic nitrogens is 4. The molecule has 7 nitrogen and oxygen atoms in total. The highest BCUT2D eigenvalue weighted by Crippen LogP contribution is 2.16. The lowest BCUT2D eigenvalue weighted by atomic mass is 10.2. The van der Waals surface area contributed by atoms with Crippen LogP contribution >= 0.6 is 0 Å². The molecule has 22 heavy (non-hydrogen) atoms. The van der Waals surface area contributed by atoms with Crippen molar-refractivity contribution in [3.8, 4) is 0 Å². The third-order valence-electron chi connectivity index (χ3n) is 3.51. The Labute approximate surface area is 129 Å². The number of nitrogens with one attached hydrogen (secondary N) is 1. The lowest BCUT2D eigenvalue weighted by molar-refractivity contribution is 0.122. The van der Waals surface area contributed by atoms with Gasteiger partial charge in [0.1, 0.15) is 18.0 Å². The first kappa shape index (κ1) is 14.6. The zero-order chi connectivity index (χ0) is 15.2.